The minimum atomic E-state index is -0.388. The SMILES string of the molecule is CN(C)C(=O)OC(C)(C)C.COc1cc(-c2cccc3c2CCOC3)ccn1. The number of carbonyl (C=O) groups is 1. The number of fused-ring (bicyclic) bond motifs is 1. The first-order valence-corrected chi connectivity index (χ1v) is 9.30. The average molecular weight is 386 g/mol. The van der Waals surface area contributed by atoms with E-state index < -0.39 is 0 Å². The number of benzene rings is 1. The van der Waals surface area contributed by atoms with Gasteiger partial charge < -0.3 is 19.1 Å². The molecule has 3 rings (SSSR count). The number of carbonyl (C=O) groups excluding carboxylic acids is 1. The van der Waals surface area contributed by atoms with E-state index >= 15 is 0 Å². The van der Waals surface area contributed by atoms with E-state index in [9.17, 15) is 4.79 Å². The molecule has 2 aromatic rings. The van der Waals surface area contributed by atoms with Gasteiger partial charge in [-0.25, -0.2) is 9.78 Å². The van der Waals surface area contributed by atoms with Crippen molar-refractivity contribution in [2.75, 3.05) is 27.8 Å². The number of hydrogen-bond donors (Lipinski definition) is 0. The maximum atomic E-state index is 10.9. The Labute approximate surface area is 167 Å². The van der Waals surface area contributed by atoms with Crippen molar-refractivity contribution >= 4 is 6.09 Å². The van der Waals surface area contributed by atoms with Gasteiger partial charge in [-0.3, -0.25) is 0 Å². The van der Waals surface area contributed by atoms with Gasteiger partial charge in [0.1, 0.15) is 5.60 Å². The summed E-state index contributed by atoms with van der Waals surface area (Å²) >= 11 is 0. The van der Waals surface area contributed by atoms with Gasteiger partial charge in [0.2, 0.25) is 5.88 Å². The Morgan fingerprint density at radius 1 is 1.21 bits per heavy atom. The molecule has 0 spiro atoms. The number of hydrogen-bond acceptors (Lipinski definition) is 5. The van der Waals surface area contributed by atoms with Crippen LogP contribution in [-0.4, -0.2) is 49.4 Å². The van der Waals surface area contributed by atoms with Crippen molar-refractivity contribution in [3.63, 3.8) is 0 Å². The molecule has 28 heavy (non-hydrogen) atoms. The fourth-order valence-corrected chi connectivity index (χ4v) is 2.73. The van der Waals surface area contributed by atoms with Crippen LogP contribution in [0.2, 0.25) is 0 Å². The summed E-state index contributed by atoms with van der Waals surface area (Å²) in [6, 6.07) is 10.4. The summed E-state index contributed by atoms with van der Waals surface area (Å²) in [7, 11) is 4.96. The van der Waals surface area contributed by atoms with Crippen LogP contribution in [-0.2, 0) is 22.5 Å². The molecular weight excluding hydrogens is 356 g/mol. The third-order valence-electron chi connectivity index (χ3n) is 4.04. The minimum Gasteiger partial charge on any atom is -0.481 e. The van der Waals surface area contributed by atoms with E-state index in [-0.39, 0.29) is 11.7 Å². The maximum Gasteiger partial charge on any atom is 0.409 e. The Morgan fingerprint density at radius 3 is 2.57 bits per heavy atom. The maximum absolute atomic E-state index is 10.9. The second kappa shape index (κ2) is 9.55. The quantitative estimate of drug-likeness (QED) is 0.769. The molecule has 0 radical (unpaired) electrons. The van der Waals surface area contributed by atoms with Crippen LogP contribution in [0.3, 0.4) is 0 Å². The van der Waals surface area contributed by atoms with E-state index in [2.05, 4.69) is 23.2 Å². The molecule has 6 heteroatoms. The number of pyridine rings is 1. The van der Waals surface area contributed by atoms with Crippen LogP contribution in [0.15, 0.2) is 36.5 Å². The van der Waals surface area contributed by atoms with Crippen LogP contribution in [0.4, 0.5) is 4.79 Å². The zero-order chi connectivity index (χ0) is 20.7. The van der Waals surface area contributed by atoms with Gasteiger partial charge in [-0.05, 0) is 55.5 Å². The van der Waals surface area contributed by atoms with Gasteiger partial charge in [-0.1, -0.05) is 18.2 Å². The molecule has 0 unspecified atom stereocenters. The summed E-state index contributed by atoms with van der Waals surface area (Å²) in [6.45, 7) is 7.04. The molecule has 0 saturated carbocycles. The van der Waals surface area contributed by atoms with E-state index in [0.717, 1.165) is 18.6 Å². The fourth-order valence-electron chi connectivity index (χ4n) is 2.73. The Morgan fingerprint density at radius 2 is 1.96 bits per heavy atom. The first-order valence-electron chi connectivity index (χ1n) is 9.30. The third kappa shape index (κ3) is 6.23. The lowest BCUT2D eigenvalue weighted by Crippen LogP contribution is -2.31. The Hall–Kier alpha value is -2.60. The number of rotatable bonds is 2. The van der Waals surface area contributed by atoms with Crippen molar-refractivity contribution in [3.05, 3.63) is 47.7 Å². The molecular formula is C22H30N2O4. The number of amides is 1. The number of methoxy groups -OCH3 is 1. The summed E-state index contributed by atoms with van der Waals surface area (Å²) in [5.74, 6) is 0.650. The van der Waals surface area contributed by atoms with Crippen molar-refractivity contribution in [2.45, 2.75) is 39.4 Å². The zero-order valence-electron chi connectivity index (χ0n) is 17.6. The van der Waals surface area contributed by atoms with Gasteiger partial charge in [0.05, 0.1) is 20.3 Å². The lowest BCUT2D eigenvalue weighted by molar-refractivity contribution is 0.0341. The van der Waals surface area contributed by atoms with Crippen LogP contribution in [0.1, 0.15) is 31.9 Å². The van der Waals surface area contributed by atoms with Crippen molar-refractivity contribution in [1.29, 1.82) is 0 Å². The molecule has 1 aliphatic rings. The van der Waals surface area contributed by atoms with Crippen LogP contribution in [0.25, 0.3) is 11.1 Å². The van der Waals surface area contributed by atoms with E-state index in [4.69, 9.17) is 14.2 Å². The standard InChI is InChI=1S/C15H15NO2.C7H15NO2/c1-17-15-9-11(5-7-16-15)13-4-2-3-12-10-18-8-6-14(12)13;1-7(2,3)10-6(9)8(4)5/h2-5,7,9H,6,8,10H2,1H3;1-5H3. The van der Waals surface area contributed by atoms with Crippen LogP contribution < -0.4 is 4.74 Å². The van der Waals surface area contributed by atoms with Crippen LogP contribution in [0.5, 0.6) is 5.88 Å². The molecule has 1 aliphatic heterocycles. The lowest BCUT2D eigenvalue weighted by atomic mass is 9.93. The first kappa shape index (κ1) is 21.7. The second-order valence-corrected chi connectivity index (χ2v) is 7.71. The van der Waals surface area contributed by atoms with E-state index in [1.54, 1.807) is 27.4 Å². The Kier molecular flexibility index (Phi) is 7.40. The van der Waals surface area contributed by atoms with Gasteiger partial charge >= 0.3 is 6.09 Å². The normalized spacial score (nSPS) is 12.9. The molecule has 1 amide bonds. The summed E-state index contributed by atoms with van der Waals surface area (Å²) in [5, 5.41) is 0. The highest BCUT2D eigenvalue weighted by Crippen LogP contribution is 2.30. The van der Waals surface area contributed by atoms with Crippen molar-refractivity contribution in [1.82, 2.24) is 9.88 Å². The summed E-state index contributed by atoms with van der Waals surface area (Å²) < 4.78 is 15.7. The molecule has 1 aromatic heterocycles. The van der Waals surface area contributed by atoms with Gasteiger partial charge in [0.25, 0.3) is 0 Å². The Bertz CT molecular complexity index is 797. The predicted octanol–water partition coefficient (Wildman–Crippen LogP) is 4.31. The molecule has 0 atom stereocenters. The molecule has 0 N–H and O–H groups in total. The molecule has 1 aromatic carbocycles. The Balaban J connectivity index is 0.000000242. The second-order valence-electron chi connectivity index (χ2n) is 7.71. The molecule has 152 valence electrons. The molecule has 6 nitrogen and oxygen atoms in total. The van der Waals surface area contributed by atoms with Crippen molar-refractivity contribution < 1.29 is 19.0 Å². The highest BCUT2D eigenvalue weighted by molar-refractivity contribution is 5.69. The summed E-state index contributed by atoms with van der Waals surface area (Å²) in [4.78, 5) is 16.4. The first-order chi connectivity index (χ1) is 13.2. The molecule has 2 heterocycles. The fraction of sp³-hybridized carbons (Fsp3) is 0.455. The lowest BCUT2D eigenvalue weighted by Gasteiger charge is -2.22. The predicted molar refractivity (Wildman–Crippen MR) is 110 cm³/mol. The van der Waals surface area contributed by atoms with Crippen LogP contribution in [0, 0.1) is 0 Å². The van der Waals surface area contributed by atoms with E-state index in [1.165, 1.54) is 21.6 Å². The number of nitrogens with zero attached hydrogens (tertiary/aromatic N) is 2. The van der Waals surface area contributed by atoms with Crippen molar-refractivity contribution in [3.8, 4) is 17.0 Å². The van der Waals surface area contributed by atoms with Gasteiger partial charge in [0.15, 0.2) is 0 Å². The average Bonchev–Trinajstić information content (AvgIpc) is 2.66. The molecule has 0 aliphatic carbocycles. The monoisotopic (exact) mass is 386 g/mol. The highest BCUT2D eigenvalue weighted by Gasteiger charge is 2.17. The molecule has 0 bridgehead atoms. The smallest absolute Gasteiger partial charge is 0.409 e. The largest absolute Gasteiger partial charge is 0.481 e. The van der Waals surface area contributed by atoms with Gasteiger partial charge in [-0.2, -0.15) is 0 Å². The molecule has 0 saturated heterocycles. The third-order valence-corrected chi connectivity index (χ3v) is 4.04. The summed E-state index contributed by atoms with van der Waals surface area (Å²) in [6.07, 6.45) is 2.45. The topological polar surface area (TPSA) is 60.9 Å². The highest BCUT2D eigenvalue weighted by atomic mass is 16.6. The van der Waals surface area contributed by atoms with E-state index in [1.807, 2.05) is 32.9 Å². The van der Waals surface area contributed by atoms with E-state index in [0.29, 0.717) is 12.5 Å². The van der Waals surface area contributed by atoms with Gasteiger partial charge in [0, 0.05) is 26.4 Å². The zero-order valence-corrected chi connectivity index (χ0v) is 17.6. The molecule has 0 fully saturated rings. The van der Waals surface area contributed by atoms with Crippen molar-refractivity contribution in [2.24, 2.45) is 0 Å². The van der Waals surface area contributed by atoms with Gasteiger partial charge in [-0.15, -0.1) is 0 Å². The number of aromatic nitrogens is 1. The minimum absolute atomic E-state index is 0.299. The van der Waals surface area contributed by atoms with Crippen LogP contribution >= 0.6 is 0 Å². The summed E-state index contributed by atoms with van der Waals surface area (Å²) in [5.41, 5.74) is 4.70. The number of ether oxygens (including phenoxy) is 3.